The summed E-state index contributed by atoms with van der Waals surface area (Å²) in [4.78, 5) is 20.0. The minimum absolute atomic E-state index is 0.0714. The number of carbonyl (C=O) groups excluding carboxylic acids is 1. The first kappa shape index (κ1) is 19.5. The fourth-order valence-electron chi connectivity index (χ4n) is 3.85. The molecule has 3 aromatic rings. The molecule has 1 unspecified atom stereocenters. The van der Waals surface area contributed by atoms with Crippen LogP contribution >= 0.6 is 11.8 Å². The molecule has 2 aliphatic heterocycles. The highest BCUT2D eigenvalue weighted by molar-refractivity contribution is 8.00. The number of allylic oxidation sites excluding steroid dienone is 1. The van der Waals surface area contributed by atoms with Crippen LogP contribution in [-0.4, -0.2) is 16.8 Å². The van der Waals surface area contributed by atoms with Crippen molar-refractivity contribution in [2.45, 2.75) is 11.8 Å². The Morgan fingerprint density at radius 3 is 2.65 bits per heavy atom. The van der Waals surface area contributed by atoms with E-state index in [1.807, 2.05) is 24.3 Å². The van der Waals surface area contributed by atoms with E-state index in [-0.39, 0.29) is 17.1 Å². The van der Waals surface area contributed by atoms with Gasteiger partial charge >= 0.3 is 0 Å². The van der Waals surface area contributed by atoms with Crippen LogP contribution in [0.25, 0.3) is 0 Å². The average Bonchev–Trinajstić information content (AvgIpc) is 3.24. The number of aliphatic hydroxyl groups is 1. The third-order valence-electron chi connectivity index (χ3n) is 5.36. The van der Waals surface area contributed by atoms with Crippen molar-refractivity contribution in [3.63, 3.8) is 0 Å². The molecule has 1 amide bonds. The molecule has 2 N–H and O–H groups in total. The van der Waals surface area contributed by atoms with Crippen LogP contribution in [0, 0.1) is 5.82 Å². The van der Waals surface area contributed by atoms with Crippen LogP contribution in [0.2, 0.25) is 0 Å². The van der Waals surface area contributed by atoms with Gasteiger partial charge in [0.05, 0.1) is 5.70 Å². The zero-order chi connectivity index (χ0) is 21.4. The number of carbonyl (C=O) groups is 1. The molecule has 2 aliphatic rings. The van der Waals surface area contributed by atoms with Gasteiger partial charge in [-0.1, -0.05) is 30.3 Å². The van der Waals surface area contributed by atoms with Crippen molar-refractivity contribution < 1.29 is 19.1 Å². The number of benzene rings is 3. The Balaban J connectivity index is 1.41. The molecule has 7 heteroatoms. The van der Waals surface area contributed by atoms with Crippen LogP contribution in [0.4, 0.5) is 10.1 Å². The molecule has 3 aromatic carbocycles. The molecule has 1 fully saturated rings. The lowest BCUT2D eigenvalue weighted by molar-refractivity contribution is 0.0760. The summed E-state index contributed by atoms with van der Waals surface area (Å²) >= 11 is 1.68. The summed E-state index contributed by atoms with van der Waals surface area (Å²) in [5, 5.41) is 10.6. The van der Waals surface area contributed by atoms with Crippen molar-refractivity contribution in [3.8, 4) is 5.75 Å². The maximum absolute atomic E-state index is 13.4. The number of hydrogen-bond acceptors (Lipinski definition) is 5. The number of nitrogens with one attached hydrogen (secondary N) is 1. The molecule has 1 atom stereocenters. The average molecular weight is 434 g/mol. The lowest BCUT2D eigenvalue weighted by Crippen LogP contribution is -2.29. The van der Waals surface area contributed by atoms with E-state index < -0.39 is 0 Å². The number of hydrogen-bond donors (Lipinski definition) is 2. The smallest absolute Gasteiger partial charge is 0.283 e. The first-order valence-corrected chi connectivity index (χ1v) is 10.9. The fraction of sp³-hybridized carbons (Fsp3) is 0.125. The third kappa shape index (κ3) is 3.72. The van der Waals surface area contributed by atoms with Crippen LogP contribution in [0.3, 0.4) is 0 Å². The minimum atomic E-state index is -0.369. The van der Waals surface area contributed by atoms with Crippen molar-refractivity contribution in [1.29, 1.82) is 0 Å². The lowest BCUT2D eigenvalue weighted by Gasteiger charge is -2.33. The molecule has 156 valence electrons. The largest absolute Gasteiger partial charge is 0.510 e. The first-order chi connectivity index (χ1) is 15.1. The molecule has 5 nitrogen and oxygen atoms in total. The van der Waals surface area contributed by atoms with Crippen molar-refractivity contribution in [2.24, 2.45) is 0 Å². The highest BCUT2D eigenvalue weighted by Gasteiger charge is 2.37. The Morgan fingerprint density at radius 1 is 1.10 bits per heavy atom. The van der Waals surface area contributed by atoms with E-state index in [4.69, 9.17) is 4.84 Å². The maximum Gasteiger partial charge on any atom is 0.283 e. The van der Waals surface area contributed by atoms with Crippen molar-refractivity contribution in [3.05, 3.63) is 107 Å². The van der Waals surface area contributed by atoms with E-state index in [0.29, 0.717) is 29.2 Å². The van der Waals surface area contributed by atoms with E-state index in [1.54, 1.807) is 48.2 Å². The van der Waals surface area contributed by atoms with Gasteiger partial charge in [-0.3, -0.25) is 4.79 Å². The monoisotopic (exact) mass is 434 g/mol. The van der Waals surface area contributed by atoms with Crippen molar-refractivity contribution >= 4 is 23.4 Å². The molecule has 0 bridgehead atoms. The lowest BCUT2D eigenvalue weighted by atomic mass is 9.98. The summed E-state index contributed by atoms with van der Waals surface area (Å²) in [6.07, 6.45) is 0.360. The van der Waals surface area contributed by atoms with E-state index in [0.717, 1.165) is 22.5 Å². The number of anilines is 1. The Hall–Kier alpha value is -3.45. The Bertz CT molecular complexity index is 1170. The minimum Gasteiger partial charge on any atom is -0.510 e. The van der Waals surface area contributed by atoms with Gasteiger partial charge in [0.25, 0.3) is 5.91 Å². The number of hydroxylamine groups is 1. The predicted octanol–water partition coefficient (Wildman–Crippen LogP) is 5.13. The standard InChI is InChI=1S/C24H19FN2O3S/c25-18-9-6-15(7-10-18)24-27-20-11-8-16(12-17(20)13-22(28)21(27)14-31-24)23(29)26-30-19-4-2-1-3-5-19/h1-12,24,28H,13-14H2,(H,26,29). The quantitative estimate of drug-likeness (QED) is 0.558. The van der Waals surface area contributed by atoms with Crippen LogP contribution in [-0.2, 0) is 6.42 Å². The molecular formula is C24H19FN2O3S. The Labute approximate surface area is 183 Å². The Kier molecular flexibility index (Phi) is 5.03. The van der Waals surface area contributed by atoms with Gasteiger partial charge in [0.15, 0.2) is 5.75 Å². The van der Waals surface area contributed by atoms with Crippen LogP contribution in [0.5, 0.6) is 5.75 Å². The number of fused-ring (bicyclic) bond motifs is 3. The van der Waals surface area contributed by atoms with E-state index in [2.05, 4.69) is 10.4 Å². The second kappa shape index (κ2) is 8.00. The normalized spacial score (nSPS) is 17.2. The number of nitrogens with zero attached hydrogens (tertiary/aromatic N) is 1. The number of aliphatic hydroxyl groups excluding tert-OH is 1. The topological polar surface area (TPSA) is 61.8 Å². The van der Waals surface area contributed by atoms with Gasteiger partial charge in [-0.25, -0.2) is 4.39 Å². The fourth-order valence-corrected chi connectivity index (χ4v) is 5.21. The summed E-state index contributed by atoms with van der Waals surface area (Å²) < 4.78 is 13.4. The van der Waals surface area contributed by atoms with Crippen LogP contribution in [0.15, 0.2) is 84.3 Å². The van der Waals surface area contributed by atoms with Gasteiger partial charge < -0.3 is 14.8 Å². The summed E-state index contributed by atoms with van der Waals surface area (Å²) in [6, 6.07) is 20.8. The molecule has 1 saturated heterocycles. The van der Waals surface area contributed by atoms with E-state index in [1.165, 1.54) is 12.1 Å². The summed E-state index contributed by atoms with van der Waals surface area (Å²) in [6.45, 7) is 0. The Morgan fingerprint density at radius 2 is 1.87 bits per heavy atom. The molecule has 5 rings (SSSR count). The number of rotatable bonds is 4. The molecular weight excluding hydrogens is 415 g/mol. The van der Waals surface area contributed by atoms with Gasteiger partial charge in [-0.2, -0.15) is 5.48 Å². The number of thioether (sulfide) groups is 1. The number of halogens is 1. The molecule has 0 radical (unpaired) electrons. The zero-order valence-electron chi connectivity index (χ0n) is 16.4. The highest BCUT2D eigenvalue weighted by atomic mass is 32.2. The molecule has 2 heterocycles. The zero-order valence-corrected chi connectivity index (χ0v) is 17.2. The molecule has 0 spiro atoms. The maximum atomic E-state index is 13.4. The molecule has 0 aromatic heterocycles. The predicted molar refractivity (Wildman–Crippen MR) is 118 cm³/mol. The van der Waals surface area contributed by atoms with Crippen molar-refractivity contribution in [1.82, 2.24) is 5.48 Å². The van der Waals surface area contributed by atoms with Gasteiger partial charge in [-0.05, 0) is 53.6 Å². The molecule has 0 saturated carbocycles. The first-order valence-electron chi connectivity index (χ1n) is 9.82. The second-order valence-corrected chi connectivity index (χ2v) is 8.41. The SMILES string of the molecule is O=C(NOc1ccccc1)c1ccc2c(c1)CC(O)=C1CSC(c3ccc(F)cc3)N12. The summed E-state index contributed by atoms with van der Waals surface area (Å²) in [5.41, 5.74) is 6.50. The third-order valence-corrected chi connectivity index (χ3v) is 6.59. The van der Waals surface area contributed by atoms with E-state index in [9.17, 15) is 14.3 Å². The van der Waals surface area contributed by atoms with Crippen LogP contribution in [0.1, 0.15) is 26.9 Å². The molecule has 31 heavy (non-hydrogen) atoms. The van der Waals surface area contributed by atoms with E-state index >= 15 is 0 Å². The summed E-state index contributed by atoms with van der Waals surface area (Å²) in [7, 11) is 0. The van der Waals surface area contributed by atoms with Gasteiger partial charge in [0.1, 0.15) is 17.0 Å². The van der Waals surface area contributed by atoms with Gasteiger partial charge in [-0.15, -0.1) is 11.8 Å². The van der Waals surface area contributed by atoms with Gasteiger partial charge in [0.2, 0.25) is 0 Å². The highest BCUT2D eigenvalue weighted by Crippen LogP contribution is 2.50. The summed E-state index contributed by atoms with van der Waals surface area (Å²) in [5.74, 6) is 0.850. The molecule has 0 aliphatic carbocycles. The van der Waals surface area contributed by atoms with Crippen molar-refractivity contribution in [2.75, 3.05) is 10.7 Å². The number of amides is 1. The van der Waals surface area contributed by atoms with Crippen LogP contribution < -0.4 is 15.2 Å². The number of para-hydroxylation sites is 1. The second-order valence-electron chi connectivity index (χ2n) is 7.34. The van der Waals surface area contributed by atoms with Gasteiger partial charge in [0, 0.05) is 23.4 Å².